The van der Waals surface area contributed by atoms with Gasteiger partial charge in [-0.25, -0.2) is 0 Å². The van der Waals surface area contributed by atoms with Crippen LogP contribution in [0.5, 0.6) is 11.5 Å². The predicted molar refractivity (Wildman–Crippen MR) is 92.4 cm³/mol. The molecule has 1 aliphatic rings. The first-order valence-corrected chi connectivity index (χ1v) is 8.08. The number of benzene rings is 2. The molecule has 0 aromatic heterocycles. The van der Waals surface area contributed by atoms with Gasteiger partial charge in [0.15, 0.2) is 17.5 Å². The van der Waals surface area contributed by atoms with Crippen molar-refractivity contribution < 1.29 is 19.2 Å². The van der Waals surface area contributed by atoms with Crippen LogP contribution in [0.3, 0.4) is 0 Å². The summed E-state index contributed by atoms with van der Waals surface area (Å²) in [5.41, 5.74) is 2.34. The van der Waals surface area contributed by atoms with Gasteiger partial charge in [-0.1, -0.05) is 0 Å². The maximum atomic E-state index is 12.4. The second kappa shape index (κ2) is 7.24. The summed E-state index contributed by atoms with van der Waals surface area (Å²) in [4.78, 5) is 13.5. The molecule has 0 spiro atoms. The number of nitrogens with zero attached hydrogens (tertiary/aromatic N) is 1. The van der Waals surface area contributed by atoms with Crippen LogP contribution in [0.25, 0.3) is 0 Å². The van der Waals surface area contributed by atoms with E-state index in [4.69, 9.17) is 14.7 Å². The molecule has 0 fully saturated rings. The van der Waals surface area contributed by atoms with Crippen molar-refractivity contribution in [2.75, 3.05) is 19.2 Å². The first-order valence-electron chi connectivity index (χ1n) is 8.08. The van der Waals surface area contributed by atoms with Crippen molar-refractivity contribution >= 4 is 11.6 Å². The molecule has 6 heteroatoms. The van der Waals surface area contributed by atoms with E-state index in [0.29, 0.717) is 17.8 Å². The zero-order chi connectivity index (χ0) is 17.8. The van der Waals surface area contributed by atoms with Crippen molar-refractivity contribution in [1.29, 1.82) is 5.26 Å². The van der Waals surface area contributed by atoms with E-state index >= 15 is 0 Å². The molecule has 1 aliphatic heterocycles. The number of rotatable bonds is 5. The first-order chi connectivity index (χ1) is 12.1. The van der Waals surface area contributed by atoms with Crippen molar-refractivity contribution in [3.8, 4) is 17.6 Å². The summed E-state index contributed by atoms with van der Waals surface area (Å²) in [6.07, 6.45) is 0. The quantitative estimate of drug-likeness (QED) is 0.862. The van der Waals surface area contributed by atoms with Crippen LogP contribution in [0, 0.1) is 11.3 Å². The van der Waals surface area contributed by atoms with Gasteiger partial charge < -0.3 is 19.7 Å². The van der Waals surface area contributed by atoms with Crippen molar-refractivity contribution in [2.45, 2.75) is 19.5 Å². The van der Waals surface area contributed by atoms with Crippen molar-refractivity contribution in [3.05, 3.63) is 53.6 Å². The van der Waals surface area contributed by atoms with Gasteiger partial charge in [0.25, 0.3) is 5.91 Å². The Bertz CT molecular complexity index is 812. The highest BCUT2D eigenvalue weighted by molar-refractivity contribution is 5.93. The van der Waals surface area contributed by atoms with E-state index in [1.165, 1.54) is 0 Å². The van der Waals surface area contributed by atoms with Gasteiger partial charge in [0.05, 0.1) is 18.7 Å². The van der Waals surface area contributed by atoms with E-state index in [1.807, 2.05) is 32.2 Å². The van der Waals surface area contributed by atoms with Crippen LogP contribution >= 0.6 is 0 Å². The molecule has 2 aromatic carbocycles. The summed E-state index contributed by atoms with van der Waals surface area (Å²) < 4.78 is 10.7. The fourth-order valence-corrected chi connectivity index (χ4v) is 2.63. The number of hydrogen-bond acceptors (Lipinski definition) is 4. The standard InChI is InChI=1S/C19H19N3O3/c1-13(19(23)21-16-6-3-14(10-20)4-7-16)22(2)11-15-5-8-17-18(9-15)25-12-24-17/h3-9,13H,11-12H2,1-2H3,(H,21,23)/p+1/t13-/m1/s1. The molecule has 0 aliphatic carbocycles. The Morgan fingerprint density at radius 2 is 1.96 bits per heavy atom. The molecule has 0 saturated heterocycles. The molecule has 0 saturated carbocycles. The summed E-state index contributed by atoms with van der Waals surface area (Å²) >= 11 is 0. The molecule has 25 heavy (non-hydrogen) atoms. The summed E-state index contributed by atoms with van der Waals surface area (Å²) in [6, 6.07) is 14.5. The number of anilines is 1. The molecule has 1 heterocycles. The average molecular weight is 338 g/mol. The predicted octanol–water partition coefficient (Wildman–Crippen LogP) is 1.33. The number of hydrogen-bond donors (Lipinski definition) is 2. The van der Waals surface area contributed by atoms with Crippen molar-refractivity contribution in [3.63, 3.8) is 0 Å². The Labute approximate surface area is 146 Å². The highest BCUT2D eigenvalue weighted by atomic mass is 16.7. The normalized spacial score (nSPS) is 14.4. The summed E-state index contributed by atoms with van der Waals surface area (Å²) in [5.74, 6) is 1.44. The molecule has 2 N–H and O–H groups in total. The van der Waals surface area contributed by atoms with E-state index < -0.39 is 0 Å². The van der Waals surface area contributed by atoms with E-state index in [1.54, 1.807) is 24.3 Å². The zero-order valence-corrected chi connectivity index (χ0v) is 14.2. The molecule has 0 bridgehead atoms. The van der Waals surface area contributed by atoms with Crippen LogP contribution < -0.4 is 19.7 Å². The summed E-state index contributed by atoms with van der Waals surface area (Å²) in [5, 5.41) is 11.7. The van der Waals surface area contributed by atoms with Crippen molar-refractivity contribution in [1.82, 2.24) is 0 Å². The molecule has 128 valence electrons. The van der Waals surface area contributed by atoms with Gasteiger partial charge in [-0.3, -0.25) is 4.79 Å². The van der Waals surface area contributed by atoms with Gasteiger partial charge in [0.2, 0.25) is 6.79 Å². The van der Waals surface area contributed by atoms with Crippen LogP contribution in [-0.2, 0) is 11.3 Å². The lowest BCUT2D eigenvalue weighted by atomic mass is 10.1. The van der Waals surface area contributed by atoms with Gasteiger partial charge in [-0.2, -0.15) is 5.26 Å². The minimum Gasteiger partial charge on any atom is -0.454 e. The van der Waals surface area contributed by atoms with Crippen LogP contribution in [0.4, 0.5) is 5.69 Å². The molecule has 6 nitrogen and oxygen atoms in total. The Morgan fingerprint density at radius 1 is 1.24 bits per heavy atom. The van der Waals surface area contributed by atoms with Gasteiger partial charge in [0, 0.05) is 11.3 Å². The summed E-state index contributed by atoms with van der Waals surface area (Å²) in [6.45, 7) is 2.84. The lowest BCUT2D eigenvalue weighted by Crippen LogP contribution is -3.12. The monoisotopic (exact) mass is 338 g/mol. The van der Waals surface area contributed by atoms with Crippen LogP contribution in [-0.4, -0.2) is 25.8 Å². The second-order valence-corrected chi connectivity index (χ2v) is 6.11. The lowest BCUT2D eigenvalue weighted by Gasteiger charge is -2.21. The van der Waals surface area contributed by atoms with Gasteiger partial charge in [0.1, 0.15) is 6.54 Å². The number of amides is 1. The fourth-order valence-electron chi connectivity index (χ4n) is 2.63. The molecule has 3 rings (SSSR count). The van der Waals surface area contributed by atoms with E-state index in [-0.39, 0.29) is 18.7 Å². The van der Waals surface area contributed by atoms with E-state index in [2.05, 4.69) is 11.4 Å². The maximum absolute atomic E-state index is 12.4. The second-order valence-electron chi connectivity index (χ2n) is 6.11. The highest BCUT2D eigenvalue weighted by Gasteiger charge is 2.23. The average Bonchev–Trinajstić information content (AvgIpc) is 3.09. The lowest BCUT2D eigenvalue weighted by molar-refractivity contribution is -0.907. The molecular formula is C19H20N3O3+. The van der Waals surface area contributed by atoms with Gasteiger partial charge in [-0.15, -0.1) is 0 Å². The maximum Gasteiger partial charge on any atom is 0.282 e. The van der Waals surface area contributed by atoms with Crippen molar-refractivity contribution in [2.24, 2.45) is 0 Å². The topological polar surface area (TPSA) is 75.8 Å². The smallest absolute Gasteiger partial charge is 0.282 e. The molecule has 2 aromatic rings. The van der Waals surface area contributed by atoms with Crippen LogP contribution in [0.15, 0.2) is 42.5 Å². The number of fused-ring (bicyclic) bond motifs is 1. The number of carbonyl (C=O) groups excluding carboxylic acids is 1. The fraction of sp³-hybridized carbons (Fsp3) is 0.263. The molecule has 0 radical (unpaired) electrons. The third kappa shape index (κ3) is 3.90. The molecule has 1 unspecified atom stereocenters. The third-order valence-corrected chi connectivity index (χ3v) is 4.33. The minimum atomic E-state index is -0.235. The number of nitrogens with one attached hydrogen (secondary N) is 2. The van der Waals surface area contributed by atoms with Gasteiger partial charge in [-0.05, 0) is 49.4 Å². The molecular weight excluding hydrogens is 318 g/mol. The number of nitriles is 1. The number of likely N-dealkylation sites (N-methyl/N-ethyl adjacent to an activating group) is 1. The van der Waals surface area contributed by atoms with E-state index in [9.17, 15) is 4.79 Å². The molecule has 2 atom stereocenters. The zero-order valence-electron chi connectivity index (χ0n) is 14.2. The Balaban J connectivity index is 1.60. The highest BCUT2D eigenvalue weighted by Crippen LogP contribution is 2.32. The third-order valence-electron chi connectivity index (χ3n) is 4.33. The SMILES string of the molecule is C[C@H](C(=O)Nc1ccc(C#N)cc1)[NH+](C)Cc1ccc2c(c1)OCO2. The Hall–Kier alpha value is -3.04. The number of carbonyl (C=O) groups is 1. The van der Waals surface area contributed by atoms with Crippen LogP contribution in [0.1, 0.15) is 18.1 Å². The van der Waals surface area contributed by atoms with E-state index in [0.717, 1.165) is 22.0 Å². The Morgan fingerprint density at radius 3 is 2.68 bits per heavy atom. The van der Waals surface area contributed by atoms with Crippen LogP contribution in [0.2, 0.25) is 0 Å². The van der Waals surface area contributed by atoms with Gasteiger partial charge >= 0.3 is 0 Å². The largest absolute Gasteiger partial charge is 0.454 e. The minimum absolute atomic E-state index is 0.0667. The number of quaternary nitrogens is 1. The first kappa shape index (κ1) is 16.8. The molecule has 1 amide bonds. The number of ether oxygens (including phenoxy) is 2. The summed E-state index contributed by atoms with van der Waals surface area (Å²) in [7, 11) is 1.98. The Kier molecular flexibility index (Phi) is 4.87.